The number of nitrogen functional groups attached to an aromatic ring is 1. The fourth-order valence-corrected chi connectivity index (χ4v) is 3.02. The number of nitrogens with zero attached hydrogens (tertiary/aromatic N) is 3. The van der Waals surface area contributed by atoms with Gasteiger partial charge in [0.1, 0.15) is 5.52 Å². The van der Waals surface area contributed by atoms with E-state index in [-0.39, 0.29) is 5.95 Å². The van der Waals surface area contributed by atoms with Crippen molar-refractivity contribution in [3.63, 3.8) is 0 Å². The van der Waals surface area contributed by atoms with Gasteiger partial charge in [-0.1, -0.05) is 0 Å². The van der Waals surface area contributed by atoms with Gasteiger partial charge >= 0.3 is 0 Å². The van der Waals surface area contributed by atoms with E-state index in [1.807, 2.05) is 6.07 Å². The molecule has 0 aliphatic heterocycles. The number of aromatic amines is 1. The summed E-state index contributed by atoms with van der Waals surface area (Å²) in [6.45, 7) is 0.681. The lowest BCUT2D eigenvalue weighted by Crippen LogP contribution is -2.04. The quantitative estimate of drug-likeness (QED) is 0.687. The first-order valence-corrected chi connectivity index (χ1v) is 6.78. The maximum atomic E-state index is 5.64. The Morgan fingerprint density at radius 1 is 1.39 bits per heavy atom. The summed E-state index contributed by atoms with van der Waals surface area (Å²) in [7, 11) is 0. The molecule has 92 valence electrons. The summed E-state index contributed by atoms with van der Waals surface area (Å²) in [5.41, 5.74) is 6.97. The van der Waals surface area contributed by atoms with E-state index in [4.69, 9.17) is 5.73 Å². The van der Waals surface area contributed by atoms with E-state index in [0.29, 0.717) is 18.0 Å². The fourth-order valence-electron chi connectivity index (χ4n) is 1.60. The van der Waals surface area contributed by atoms with Crippen LogP contribution in [-0.4, -0.2) is 19.9 Å². The van der Waals surface area contributed by atoms with Gasteiger partial charge in [-0.2, -0.15) is 9.97 Å². The number of fused-ring (bicyclic) bond motifs is 1. The third-order valence-corrected chi connectivity index (χ3v) is 3.99. The molecule has 0 aliphatic rings. The third-order valence-electron chi connectivity index (χ3n) is 2.36. The molecule has 8 heteroatoms. The average Bonchev–Trinajstić information content (AvgIpc) is 2.94. The van der Waals surface area contributed by atoms with Gasteiger partial charge in [0.15, 0.2) is 11.5 Å². The van der Waals surface area contributed by atoms with Gasteiger partial charge in [0.05, 0.1) is 16.7 Å². The normalized spacial score (nSPS) is 10.9. The highest BCUT2D eigenvalue weighted by Gasteiger charge is 2.08. The fraction of sp³-hybridized carbons (Fsp3) is 0.100. The van der Waals surface area contributed by atoms with Gasteiger partial charge in [0, 0.05) is 4.88 Å². The Hall–Kier alpha value is -1.67. The van der Waals surface area contributed by atoms with Crippen LogP contribution in [0.3, 0.4) is 0 Å². The minimum atomic E-state index is 0.212. The number of nitrogens with two attached hydrogens (primary N) is 1. The number of anilines is 2. The minimum Gasteiger partial charge on any atom is -0.368 e. The highest BCUT2D eigenvalue weighted by Crippen LogP contribution is 2.24. The van der Waals surface area contributed by atoms with Crippen LogP contribution in [0.5, 0.6) is 0 Å². The van der Waals surface area contributed by atoms with Gasteiger partial charge in [0.25, 0.3) is 0 Å². The van der Waals surface area contributed by atoms with Crippen molar-refractivity contribution in [2.45, 2.75) is 6.54 Å². The first-order chi connectivity index (χ1) is 8.72. The van der Waals surface area contributed by atoms with Gasteiger partial charge in [-0.3, -0.25) is 0 Å². The Balaban J connectivity index is 1.87. The molecule has 3 heterocycles. The summed E-state index contributed by atoms with van der Waals surface area (Å²) in [6.07, 6.45) is 1.58. The van der Waals surface area contributed by atoms with Crippen LogP contribution in [0.4, 0.5) is 11.8 Å². The Labute approximate surface area is 115 Å². The van der Waals surface area contributed by atoms with Crippen LogP contribution in [-0.2, 0) is 6.54 Å². The molecule has 0 aliphatic carbocycles. The molecule has 0 atom stereocenters. The topological polar surface area (TPSA) is 92.5 Å². The number of thiophene rings is 1. The number of rotatable bonds is 3. The van der Waals surface area contributed by atoms with Gasteiger partial charge in [-0.25, -0.2) is 4.98 Å². The Morgan fingerprint density at radius 2 is 2.28 bits per heavy atom. The molecule has 6 nitrogen and oxygen atoms in total. The van der Waals surface area contributed by atoms with E-state index in [9.17, 15) is 0 Å². The van der Waals surface area contributed by atoms with Gasteiger partial charge in [-0.05, 0) is 28.1 Å². The van der Waals surface area contributed by atoms with Gasteiger partial charge < -0.3 is 16.0 Å². The van der Waals surface area contributed by atoms with Crippen molar-refractivity contribution in [3.8, 4) is 0 Å². The first-order valence-electron chi connectivity index (χ1n) is 5.17. The molecule has 0 saturated carbocycles. The zero-order valence-electron chi connectivity index (χ0n) is 9.14. The van der Waals surface area contributed by atoms with Crippen LogP contribution in [0, 0.1) is 0 Å². The van der Waals surface area contributed by atoms with E-state index < -0.39 is 0 Å². The molecule has 18 heavy (non-hydrogen) atoms. The standard InChI is InChI=1S/C10H9BrN6S/c11-6-2-1-5(18-6)3-13-8-7-9(15-4-14-7)17-10(12)16-8/h1-2,4H,3H2,(H4,12,13,14,15,16,17). The van der Waals surface area contributed by atoms with E-state index in [0.717, 1.165) is 9.30 Å². The molecule has 0 saturated heterocycles. The molecule has 0 aromatic carbocycles. The van der Waals surface area contributed by atoms with Crippen LogP contribution < -0.4 is 11.1 Å². The molecular weight excluding hydrogens is 316 g/mol. The number of hydrogen-bond donors (Lipinski definition) is 3. The summed E-state index contributed by atoms with van der Waals surface area (Å²) in [6, 6.07) is 4.07. The highest BCUT2D eigenvalue weighted by molar-refractivity contribution is 9.11. The van der Waals surface area contributed by atoms with E-state index in [1.165, 1.54) is 4.88 Å². The summed E-state index contributed by atoms with van der Waals surface area (Å²) < 4.78 is 1.10. The Morgan fingerprint density at radius 3 is 3.06 bits per heavy atom. The van der Waals surface area contributed by atoms with Gasteiger partial charge in [-0.15, -0.1) is 11.3 Å². The number of hydrogen-bond acceptors (Lipinski definition) is 6. The molecular formula is C10H9BrN6S. The molecule has 0 fully saturated rings. The second-order valence-electron chi connectivity index (χ2n) is 3.59. The molecule has 4 N–H and O–H groups in total. The lowest BCUT2D eigenvalue weighted by molar-refractivity contribution is 1.13. The van der Waals surface area contributed by atoms with Crippen LogP contribution in [0.15, 0.2) is 22.2 Å². The van der Waals surface area contributed by atoms with Crippen LogP contribution in [0.1, 0.15) is 4.88 Å². The van der Waals surface area contributed by atoms with E-state index in [2.05, 4.69) is 47.2 Å². The van der Waals surface area contributed by atoms with Crippen molar-refractivity contribution < 1.29 is 0 Å². The predicted molar refractivity (Wildman–Crippen MR) is 75.4 cm³/mol. The van der Waals surface area contributed by atoms with Crippen LogP contribution >= 0.6 is 27.3 Å². The number of H-pyrrole nitrogens is 1. The molecule has 3 aromatic rings. The van der Waals surface area contributed by atoms with E-state index >= 15 is 0 Å². The Bertz CT molecular complexity index is 691. The molecule has 0 radical (unpaired) electrons. The molecule has 0 spiro atoms. The SMILES string of the molecule is Nc1nc(NCc2ccc(Br)s2)c2[nH]cnc2n1. The van der Waals surface area contributed by atoms with Crippen molar-refractivity contribution in [1.29, 1.82) is 0 Å². The molecule has 0 unspecified atom stereocenters. The average molecular weight is 325 g/mol. The summed E-state index contributed by atoms with van der Waals surface area (Å²) >= 11 is 5.10. The molecule has 0 bridgehead atoms. The minimum absolute atomic E-state index is 0.212. The maximum absolute atomic E-state index is 5.64. The highest BCUT2D eigenvalue weighted by atomic mass is 79.9. The van der Waals surface area contributed by atoms with Crippen molar-refractivity contribution in [2.75, 3.05) is 11.1 Å². The second-order valence-corrected chi connectivity index (χ2v) is 6.14. The predicted octanol–water partition coefficient (Wildman–Crippen LogP) is 2.37. The third kappa shape index (κ3) is 2.16. The van der Waals surface area contributed by atoms with Gasteiger partial charge in [0.2, 0.25) is 5.95 Å². The number of nitrogens with one attached hydrogen (secondary N) is 2. The van der Waals surface area contributed by atoms with E-state index in [1.54, 1.807) is 17.7 Å². The van der Waals surface area contributed by atoms with Crippen molar-refractivity contribution >= 4 is 50.2 Å². The van der Waals surface area contributed by atoms with Crippen molar-refractivity contribution in [3.05, 3.63) is 27.1 Å². The zero-order chi connectivity index (χ0) is 12.5. The zero-order valence-corrected chi connectivity index (χ0v) is 11.5. The smallest absolute Gasteiger partial charge is 0.224 e. The lowest BCUT2D eigenvalue weighted by atomic mass is 10.4. The van der Waals surface area contributed by atoms with Crippen molar-refractivity contribution in [1.82, 2.24) is 19.9 Å². The monoisotopic (exact) mass is 324 g/mol. The largest absolute Gasteiger partial charge is 0.368 e. The summed E-state index contributed by atoms with van der Waals surface area (Å²) in [4.78, 5) is 16.5. The maximum Gasteiger partial charge on any atom is 0.224 e. The van der Waals surface area contributed by atoms with Crippen LogP contribution in [0.2, 0.25) is 0 Å². The summed E-state index contributed by atoms with van der Waals surface area (Å²) in [5, 5.41) is 3.23. The molecule has 3 rings (SSSR count). The molecule has 3 aromatic heterocycles. The second kappa shape index (κ2) is 4.54. The summed E-state index contributed by atoms with van der Waals surface area (Å²) in [5.74, 6) is 0.879. The first kappa shape index (κ1) is 11.4. The Kier molecular flexibility index (Phi) is 2.88. The number of aromatic nitrogens is 4. The molecule has 0 amide bonds. The van der Waals surface area contributed by atoms with Crippen LogP contribution in [0.25, 0.3) is 11.2 Å². The number of imidazole rings is 1. The van der Waals surface area contributed by atoms with Crippen molar-refractivity contribution in [2.24, 2.45) is 0 Å². The number of halogens is 1. The lowest BCUT2D eigenvalue weighted by Gasteiger charge is -2.05.